The number of nitrogens with one attached hydrogen (secondary N) is 1. The van der Waals surface area contributed by atoms with Crippen LogP contribution in [0.15, 0.2) is 75.1 Å². The summed E-state index contributed by atoms with van der Waals surface area (Å²) in [5.41, 5.74) is 4.72. The van der Waals surface area contributed by atoms with Gasteiger partial charge < -0.3 is 9.40 Å². The van der Waals surface area contributed by atoms with E-state index in [4.69, 9.17) is 4.42 Å². The molecule has 1 N–H and O–H groups in total. The fourth-order valence-corrected chi connectivity index (χ4v) is 4.64. The maximum atomic E-state index is 12.7. The number of aromatic amines is 1. The van der Waals surface area contributed by atoms with Gasteiger partial charge in [0.2, 0.25) is 0 Å². The van der Waals surface area contributed by atoms with Gasteiger partial charge in [0.25, 0.3) is 5.56 Å². The lowest BCUT2D eigenvalue weighted by molar-refractivity contribution is 0.241. The van der Waals surface area contributed by atoms with Crippen molar-refractivity contribution in [2.75, 3.05) is 12.3 Å². The summed E-state index contributed by atoms with van der Waals surface area (Å²) >= 11 is 1.84. The second-order valence-corrected chi connectivity index (χ2v) is 9.12. The zero-order chi connectivity index (χ0) is 21.9. The number of pyridine rings is 1. The van der Waals surface area contributed by atoms with E-state index in [9.17, 15) is 4.79 Å². The molecule has 5 rings (SSSR count). The van der Waals surface area contributed by atoms with Crippen LogP contribution in [0.3, 0.4) is 0 Å². The highest BCUT2D eigenvalue weighted by atomic mass is 32.2. The molecular weight excluding hydrogens is 420 g/mol. The van der Waals surface area contributed by atoms with Crippen molar-refractivity contribution in [3.05, 3.63) is 88.2 Å². The first kappa shape index (κ1) is 20.7. The number of hydrogen-bond donors (Lipinski definition) is 1. The first-order valence-corrected chi connectivity index (χ1v) is 11.7. The monoisotopic (exact) mass is 444 g/mol. The molecule has 4 aromatic rings. The maximum absolute atomic E-state index is 12.7. The Labute approximate surface area is 190 Å². The molecule has 1 aliphatic rings. The summed E-state index contributed by atoms with van der Waals surface area (Å²) in [6.07, 6.45) is 4.25. The second-order valence-electron chi connectivity index (χ2n) is 7.79. The molecule has 162 valence electrons. The second kappa shape index (κ2) is 9.14. The van der Waals surface area contributed by atoms with Crippen molar-refractivity contribution >= 4 is 11.8 Å². The average molecular weight is 445 g/mol. The maximum Gasteiger partial charge on any atom is 0.256 e. The lowest BCUT2D eigenvalue weighted by atomic mass is 10.1. The lowest BCUT2D eigenvalue weighted by Gasteiger charge is -2.27. The molecule has 0 atom stereocenters. The van der Waals surface area contributed by atoms with Crippen LogP contribution in [0.5, 0.6) is 0 Å². The van der Waals surface area contributed by atoms with Gasteiger partial charge in [0, 0.05) is 42.7 Å². The summed E-state index contributed by atoms with van der Waals surface area (Å²) in [6, 6.07) is 16.3. The smallest absolute Gasteiger partial charge is 0.256 e. The Morgan fingerprint density at radius 1 is 1.16 bits per heavy atom. The van der Waals surface area contributed by atoms with E-state index in [2.05, 4.69) is 63.2 Å². The molecule has 0 bridgehead atoms. The van der Waals surface area contributed by atoms with Gasteiger partial charge in [-0.1, -0.05) is 25.1 Å². The summed E-state index contributed by atoms with van der Waals surface area (Å²) in [7, 11) is 0. The quantitative estimate of drug-likeness (QED) is 0.432. The summed E-state index contributed by atoms with van der Waals surface area (Å²) < 4.78 is 5.37. The zero-order valence-corrected chi connectivity index (χ0v) is 18.7. The molecule has 4 heterocycles. The molecule has 3 aromatic heterocycles. The number of hydrogen-bond acceptors (Lipinski definition) is 6. The first-order chi connectivity index (χ1) is 15.7. The molecule has 0 radical (unpaired) electrons. The molecule has 1 aliphatic heterocycles. The van der Waals surface area contributed by atoms with Gasteiger partial charge in [-0.05, 0) is 41.6 Å². The van der Waals surface area contributed by atoms with Crippen LogP contribution >= 0.6 is 11.8 Å². The fraction of sp³-hybridized carbons (Fsp3) is 0.240. The van der Waals surface area contributed by atoms with Crippen molar-refractivity contribution in [1.82, 2.24) is 19.9 Å². The van der Waals surface area contributed by atoms with Gasteiger partial charge in [-0.25, -0.2) is 4.98 Å². The third kappa shape index (κ3) is 4.40. The molecule has 0 spiro atoms. The normalized spacial score (nSPS) is 13.8. The Kier molecular flexibility index (Phi) is 5.92. The standard InChI is InChI=1S/C25H24N4O2S/c1-2-32-19-8-6-18(7-9-19)21-10-5-17(14-26-21)15-29-12-11-22-20(16-29)25(30)28-24(27-22)23-4-3-13-31-23/h3-10,13-14H,2,11-12,15-16H2,1H3,(H,27,28,30). The van der Waals surface area contributed by atoms with Crippen molar-refractivity contribution in [2.24, 2.45) is 0 Å². The van der Waals surface area contributed by atoms with E-state index in [0.29, 0.717) is 18.1 Å². The number of fused-ring (bicyclic) bond motifs is 1. The molecule has 32 heavy (non-hydrogen) atoms. The first-order valence-electron chi connectivity index (χ1n) is 10.8. The van der Waals surface area contributed by atoms with E-state index in [0.717, 1.165) is 53.3 Å². The Morgan fingerprint density at radius 2 is 2.03 bits per heavy atom. The number of rotatable bonds is 6. The van der Waals surface area contributed by atoms with Gasteiger partial charge in [-0.15, -0.1) is 11.8 Å². The van der Waals surface area contributed by atoms with Gasteiger partial charge in [-0.2, -0.15) is 0 Å². The van der Waals surface area contributed by atoms with Crippen molar-refractivity contribution in [2.45, 2.75) is 31.3 Å². The van der Waals surface area contributed by atoms with Crippen LogP contribution in [0.2, 0.25) is 0 Å². The minimum atomic E-state index is -0.0933. The van der Waals surface area contributed by atoms with Crippen LogP contribution in [-0.4, -0.2) is 32.1 Å². The Hall–Kier alpha value is -3.16. The molecule has 0 saturated heterocycles. The predicted octanol–water partition coefficient (Wildman–Crippen LogP) is 4.76. The van der Waals surface area contributed by atoms with Crippen LogP contribution in [0.4, 0.5) is 0 Å². The molecule has 0 fully saturated rings. The van der Waals surface area contributed by atoms with Crippen LogP contribution in [0, 0.1) is 0 Å². The number of thioether (sulfide) groups is 1. The van der Waals surface area contributed by atoms with E-state index < -0.39 is 0 Å². The predicted molar refractivity (Wildman–Crippen MR) is 126 cm³/mol. The number of furan rings is 1. The van der Waals surface area contributed by atoms with Crippen molar-refractivity contribution in [1.29, 1.82) is 0 Å². The van der Waals surface area contributed by atoms with Gasteiger partial charge in [0.15, 0.2) is 11.6 Å². The molecule has 6 nitrogen and oxygen atoms in total. The number of H-pyrrole nitrogens is 1. The lowest BCUT2D eigenvalue weighted by Crippen LogP contribution is -2.35. The van der Waals surface area contributed by atoms with Gasteiger partial charge in [0.05, 0.1) is 23.2 Å². The molecule has 0 amide bonds. The number of nitrogens with zero attached hydrogens (tertiary/aromatic N) is 3. The molecular formula is C25H24N4O2S. The van der Waals surface area contributed by atoms with Gasteiger partial charge in [0.1, 0.15) is 0 Å². The largest absolute Gasteiger partial charge is 0.461 e. The highest BCUT2D eigenvalue weighted by molar-refractivity contribution is 7.99. The summed E-state index contributed by atoms with van der Waals surface area (Å²) in [5.74, 6) is 2.14. The van der Waals surface area contributed by atoms with Crippen molar-refractivity contribution in [3.8, 4) is 22.8 Å². The summed E-state index contributed by atoms with van der Waals surface area (Å²) in [6.45, 7) is 4.33. The molecule has 0 aliphatic carbocycles. The van der Waals surface area contributed by atoms with E-state index in [1.165, 1.54) is 4.90 Å². The van der Waals surface area contributed by atoms with E-state index in [1.54, 1.807) is 18.4 Å². The summed E-state index contributed by atoms with van der Waals surface area (Å²) in [4.78, 5) is 28.4. The van der Waals surface area contributed by atoms with Crippen LogP contribution < -0.4 is 5.56 Å². The van der Waals surface area contributed by atoms with Crippen LogP contribution in [-0.2, 0) is 19.5 Å². The third-order valence-electron chi connectivity index (χ3n) is 5.59. The summed E-state index contributed by atoms with van der Waals surface area (Å²) in [5, 5.41) is 0. The van der Waals surface area contributed by atoms with E-state index >= 15 is 0 Å². The Balaban J connectivity index is 1.27. The fourth-order valence-electron chi connectivity index (χ4n) is 3.98. The molecule has 7 heteroatoms. The van der Waals surface area contributed by atoms with Crippen molar-refractivity contribution < 1.29 is 4.42 Å². The van der Waals surface area contributed by atoms with Gasteiger partial charge >= 0.3 is 0 Å². The molecule has 0 saturated carbocycles. The number of aromatic nitrogens is 3. The average Bonchev–Trinajstić information content (AvgIpc) is 3.36. The minimum absolute atomic E-state index is 0.0933. The highest BCUT2D eigenvalue weighted by Crippen LogP contribution is 2.24. The van der Waals surface area contributed by atoms with Crippen LogP contribution in [0.1, 0.15) is 23.7 Å². The minimum Gasteiger partial charge on any atom is -0.461 e. The molecule has 0 unspecified atom stereocenters. The SMILES string of the molecule is CCSc1ccc(-c2ccc(CN3CCc4nc(-c5ccco5)[nH]c(=O)c4C3)cn2)cc1. The Bertz CT molecular complexity index is 1250. The highest BCUT2D eigenvalue weighted by Gasteiger charge is 2.22. The third-order valence-corrected chi connectivity index (χ3v) is 6.49. The van der Waals surface area contributed by atoms with Crippen molar-refractivity contribution in [3.63, 3.8) is 0 Å². The van der Waals surface area contributed by atoms with E-state index in [-0.39, 0.29) is 5.56 Å². The van der Waals surface area contributed by atoms with E-state index in [1.807, 2.05) is 18.0 Å². The molecule has 1 aromatic carbocycles. The topological polar surface area (TPSA) is 75.0 Å². The van der Waals surface area contributed by atoms with Gasteiger partial charge in [-0.3, -0.25) is 14.7 Å². The number of benzene rings is 1. The Morgan fingerprint density at radius 3 is 2.75 bits per heavy atom. The van der Waals surface area contributed by atoms with Crippen LogP contribution in [0.25, 0.3) is 22.8 Å². The zero-order valence-electron chi connectivity index (χ0n) is 17.9.